The summed E-state index contributed by atoms with van der Waals surface area (Å²) in [5.41, 5.74) is 11.0. The molecule has 0 aliphatic heterocycles. The SMILES string of the molecule is Cc1cc(CC(=S)Cc2ccc(C)c(Nc3cc(-c4cccnc4)nc4c3C=CC4)c2)ccc1Cl. The van der Waals surface area contributed by atoms with Crippen LogP contribution in [-0.2, 0) is 19.3 Å². The lowest BCUT2D eigenvalue weighted by Crippen LogP contribution is -2.06. The van der Waals surface area contributed by atoms with E-state index in [-0.39, 0.29) is 0 Å². The topological polar surface area (TPSA) is 37.8 Å². The van der Waals surface area contributed by atoms with Gasteiger partial charge in [0.15, 0.2) is 0 Å². The molecule has 1 aliphatic rings. The molecule has 2 aromatic heterocycles. The van der Waals surface area contributed by atoms with Crippen LogP contribution in [0, 0.1) is 13.8 Å². The zero-order chi connectivity index (χ0) is 24.4. The molecule has 0 unspecified atom stereocenters. The summed E-state index contributed by atoms with van der Waals surface area (Å²) in [5.74, 6) is 0. The number of aryl methyl sites for hydroxylation is 2. The Balaban J connectivity index is 1.39. The smallest absolute Gasteiger partial charge is 0.0742 e. The molecule has 174 valence electrons. The fourth-order valence-corrected chi connectivity index (χ4v) is 4.85. The standard InChI is InChI=1S/C30H26ClN3S/c1-19-8-9-22(15-24(35)14-21-10-11-26(31)20(2)13-21)16-28(19)34-30-17-29(23-5-4-12-32-18-23)33-27-7-3-6-25(27)30/h3-6,8-13,16-18H,7,14-15H2,1-2H3,(H,33,34). The molecular weight excluding hydrogens is 470 g/mol. The van der Waals surface area contributed by atoms with Gasteiger partial charge in [0.2, 0.25) is 0 Å². The Morgan fingerprint density at radius 3 is 2.54 bits per heavy atom. The molecule has 0 amide bonds. The maximum Gasteiger partial charge on any atom is 0.0742 e. The molecule has 0 bridgehead atoms. The molecule has 3 nitrogen and oxygen atoms in total. The van der Waals surface area contributed by atoms with Gasteiger partial charge >= 0.3 is 0 Å². The third-order valence-corrected chi connectivity index (χ3v) is 7.00. The summed E-state index contributed by atoms with van der Waals surface area (Å²) in [6, 6.07) is 18.8. The largest absolute Gasteiger partial charge is 0.355 e. The molecule has 5 heteroatoms. The number of halogens is 1. The van der Waals surface area contributed by atoms with Crippen molar-refractivity contribution in [1.82, 2.24) is 9.97 Å². The van der Waals surface area contributed by atoms with Crippen LogP contribution in [0.25, 0.3) is 17.3 Å². The van der Waals surface area contributed by atoms with Crippen molar-refractivity contribution < 1.29 is 0 Å². The summed E-state index contributed by atoms with van der Waals surface area (Å²) in [7, 11) is 0. The molecule has 0 atom stereocenters. The lowest BCUT2D eigenvalue weighted by atomic mass is 10.0. The van der Waals surface area contributed by atoms with E-state index < -0.39 is 0 Å². The van der Waals surface area contributed by atoms with Crippen molar-refractivity contribution in [2.45, 2.75) is 33.1 Å². The van der Waals surface area contributed by atoms with E-state index >= 15 is 0 Å². The number of pyridine rings is 2. The number of anilines is 2. The first kappa shape index (κ1) is 23.4. The summed E-state index contributed by atoms with van der Waals surface area (Å²) in [4.78, 5) is 10.2. The molecule has 0 fully saturated rings. The number of rotatable bonds is 7. The van der Waals surface area contributed by atoms with E-state index in [1.165, 1.54) is 16.7 Å². The Labute approximate surface area is 216 Å². The second-order valence-corrected chi connectivity index (χ2v) is 10.00. The van der Waals surface area contributed by atoms with Crippen molar-refractivity contribution in [2.24, 2.45) is 0 Å². The molecule has 0 saturated carbocycles. The highest BCUT2D eigenvalue weighted by Crippen LogP contribution is 2.33. The number of aromatic nitrogens is 2. The Hall–Kier alpha value is -3.34. The molecule has 35 heavy (non-hydrogen) atoms. The minimum absolute atomic E-state index is 0.751. The highest BCUT2D eigenvalue weighted by molar-refractivity contribution is 7.80. The van der Waals surface area contributed by atoms with Gasteiger partial charge in [-0.25, -0.2) is 0 Å². The van der Waals surface area contributed by atoms with Crippen LogP contribution < -0.4 is 5.32 Å². The second-order valence-electron chi connectivity index (χ2n) is 9.01. The average Bonchev–Trinajstić information content (AvgIpc) is 3.33. The van der Waals surface area contributed by atoms with Crippen molar-refractivity contribution in [3.63, 3.8) is 0 Å². The van der Waals surface area contributed by atoms with Crippen molar-refractivity contribution in [1.29, 1.82) is 0 Å². The first-order valence-corrected chi connectivity index (χ1v) is 12.5. The van der Waals surface area contributed by atoms with Gasteiger partial charge in [0.1, 0.15) is 0 Å². The van der Waals surface area contributed by atoms with Gasteiger partial charge in [-0.2, -0.15) is 0 Å². The van der Waals surface area contributed by atoms with Crippen molar-refractivity contribution in [3.05, 3.63) is 112 Å². The van der Waals surface area contributed by atoms with Gasteiger partial charge in [-0.1, -0.05) is 60.2 Å². The summed E-state index contributed by atoms with van der Waals surface area (Å²) in [6.07, 6.45) is 10.3. The lowest BCUT2D eigenvalue weighted by Gasteiger charge is -2.16. The predicted octanol–water partition coefficient (Wildman–Crippen LogP) is 7.88. The molecule has 4 aromatic rings. The monoisotopic (exact) mass is 495 g/mol. The molecule has 5 rings (SSSR count). The summed E-state index contributed by atoms with van der Waals surface area (Å²) in [6.45, 7) is 4.15. The fourth-order valence-electron chi connectivity index (χ4n) is 4.40. The number of hydrogen-bond donors (Lipinski definition) is 1. The molecule has 2 aromatic carbocycles. The molecule has 2 heterocycles. The average molecular weight is 496 g/mol. The van der Waals surface area contributed by atoms with Crippen LogP contribution in [0.1, 0.15) is 33.5 Å². The van der Waals surface area contributed by atoms with Gasteiger partial charge in [0.05, 0.1) is 11.4 Å². The van der Waals surface area contributed by atoms with Gasteiger partial charge in [-0.15, -0.1) is 0 Å². The van der Waals surface area contributed by atoms with Crippen LogP contribution in [0.5, 0.6) is 0 Å². The van der Waals surface area contributed by atoms with Crippen LogP contribution in [0.2, 0.25) is 5.02 Å². The zero-order valence-corrected chi connectivity index (χ0v) is 21.4. The van der Waals surface area contributed by atoms with Gasteiger partial charge in [0.25, 0.3) is 0 Å². The fraction of sp³-hybridized carbons (Fsp3) is 0.167. The Morgan fingerprint density at radius 1 is 0.971 bits per heavy atom. The predicted molar refractivity (Wildman–Crippen MR) is 151 cm³/mol. The van der Waals surface area contributed by atoms with E-state index in [0.717, 1.165) is 68.6 Å². The number of hydrogen-bond acceptors (Lipinski definition) is 4. The van der Waals surface area contributed by atoms with Crippen LogP contribution in [0.4, 0.5) is 11.4 Å². The van der Waals surface area contributed by atoms with Crippen LogP contribution in [0.15, 0.2) is 73.1 Å². The van der Waals surface area contributed by atoms with Crippen molar-refractivity contribution >= 4 is 46.1 Å². The quantitative estimate of drug-likeness (QED) is 0.264. The summed E-state index contributed by atoms with van der Waals surface area (Å²) in [5, 5.41) is 4.48. The maximum absolute atomic E-state index is 6.17. The molecule has 0 spiro atoms. The number of nitrogens with one attached hydrogen (secondary N) is 1. The molecule has 1 N–H and O–H groups in total. The molecule has 0 radical (unpaired) electrons. The van der Waals surface area contributed by atoms with Crippen LogP contribution >= 0.6 is 23.8 Å². The summed E-state index contributed by atoms with van der Waals surface area (Å²) >= 11 is 11.9. The van der Waals surface area contributed by atoms with Crippen molar-refractivity contribution in [3.8, 4) is 11.3 Å². The highest BCUT2D eigenvalue weighted by Gasteiger charge is 2.16. The van der Waals surface area contributed by atoms with Gasteiger partial charge < -0.3 is 5.32 Å². The zero-order valence-electron chi connectivity index (χ0n) is 19.8. The van der Waals surface area contributed by atoms with E-state index in [2.05, 4.69) is 65.8 Å². The van der Waals surface area contributed by atoms with Gasteiger partial charge in [-0.3, -0.25) is 9.97 Å². The number of thiocarbonyl (C=S) groups is 1. The highest BCUT2D eigenvalue weighted by atomic mass is 35.5. The van der Waals surface area contributed by atoms with Gasteiger partial charge in [0, 0.05) is 64.0 Å². The number of allylic oxidation sites excluding steroid dienone is 1. The Kier molecular flexibility index (Phi) is 6.76. The van der Waals surface area contributed by atoms with Crippen LogP contribution in [0.3, 0.4) is 0 Å². The molecular formula is C30H26ClN3S. The number of nitrogens with zero attached hydrogens (tertiary/aromatic N) is 2. The number of fused-ring (bicyclic) bond motifs is 1. The third kappa shape index (κ3) is 5.34. The normalized spacial score (nSPS) is 12.0. The van der Waals surface area contributed by atoms with E-state index in [0.29, 0.717) is 0 Å². The Morgan fingerprint density at radius 2 is 1.77 bits per heavy atom. The lowest BCUT2D eigenvalue weighted by molar-refractivity contribution is 1.13. The number of benzene rings is 2. The Bertz CT molecular complexity index is 1440. The minimum atomic E-state index is 0.751. The minimum Gasteiger partial charge on any atom is -0.355 e. The third-order valence-electron chi connectivity index (χ3n) is 6.29. The van der Waals surface area contributed by atoms with Crippen LogP contribution in [-0.4, -0.2) is 14.8 Å². The van der Waals surface area contributed by atoms with E-state index in [4.69, 9.17) is 28.8 Å². The van der Waals surface area contributed by atoms with E-state index in [9.17, 15) is 0 Å². The first-order valence-electron chi connectivity index (χ1n) is 11.7. The van der Waals surface area contributed by atoms with Crippen molar-refractivity contribution in [2.75, 3.05) is 5.32 Å². The summed E-state index contributed by atoms with van der Waals surface area (Å²) < 4.78 is 0. The first-order chi connectivity index (χ1) is 17.0. The second kappa shape index (κ2) is 10.1. The molecule has 0 saturated heterocycles. The van der Waals surface area contributed by atoms with E-state index in [1.807, 2.05) is 31.3 Å². The molecule has 1 aliphatic carbocycles. The maximum atomic E-state index is 6.17. The van der Waals surface area contributed by atoms with Gasteiger partial charge in [-0.05, 0) is 66.4 Å². The van der Waals surface area contributed by atoms with E-state index in [1.54, 1.807) is 6.20 Å².